The largest absolute Gasteiger partial charge is 0.353 e. The van der Waals surface area contributed by atoms with E-state index in [1.165, 1.54) is 26.8 Å². The van der Waals surface area contributed by atoms with E-state index in [0.717, 1.165) is 12.8 Å². The van der Waals surface area contributed by atoms with Crippen molar-refractivity contribution in [2.24, 2.45) is 0 Å². The zero-order valence-electron chi connectivity index (χ0n) is 17.8. The van der Waals surface area contributed by atoms with E-state index in [4.69, 9.17) is 5.84 Å². The van der Waals surface area contributed by atoms with Gasteiger partial charge in [0.05, 0.1) is 10.6 Å². The van der Waals surface area contributed by atoms with Gasteiger partial charge in [-0.15, -0.1) is 10.2 Å². The summed E-state index contributed by atoms with van der Waals surface area (Å²) in [4.78, 5) is 12.2. The number of benzene rings is 1. The first-order chi connectivity index (χ1) is 14.2. The Balaban J connectivity index is 2.17. The molecule has 1 atom stereocenters. The quantitative estimate of drug-likeness (QED) is 0.393. The molecular formula is C19H30N6O3S2. The van der Waals surface area contributed by atoms with Gasteiger partial charge in [-0.05, 0) is 25.5 Å². The van der Waals surface area contributed by atoms with E-state index in [1.807, 2.05) is 6.92 Å². The molecule has 1 heterocycles. The van der Waals surface area contributed by atoms with Crippen LogP contribution in [0.15, 0.2) is 34.3 Å². The Morgan fingerprint density at radius 1 is 1.27 bits per heavy atom. The maximum Gasteiger partial charge on any atom is 0.243 e. The molecule has 0 fully saturated rings. The molecule has 1 aromatic heterocycles. The summed E-state index contributed by atoms with van der Waals surface area (Å²) in [5.41, 5.74) is 0.533. The third-order valence-corrected chi connectivity index (χ3v) is 7.55. The van der Waals surface area contributed by atoms with Crippen molar-refractivity contribution >= 4 is 27.7 Å². The van der Waals surface area contributed by atoms with Crippen LogP contribution in [0.3, 0.4) is 0 Å². The van der Waals surface area contributed by atoms with Gasteiger partial charge in [0, 0.05) is 24.7 Å². The second-order valence-corrected chi connectivity index (χ2v) is 9.72. The lowest BCUT2D eigenvalue weighted by Crippen LogP contribution is -2.33. The first-order valence-electron chi connectivity index (χ1n) is 9.97. The van der Waals surface area contributed by atoms with Crippen LogP contribution in [0.25, 0.3) is 11.4 Å². The number of nitrogens with one attached hydrogen (secondary N) is 1. The predicted molar refractivity (Wildman–Crippen MR) is 119 cm³/mol. The van der Waals surface area contributed by atoms with Crippen LogP contribution in [0.1, 0.15) is 40.5 Å². The Morgan fingerprint density at radius 3 is 2.60 bits per heavy atom. The van der Waals surface area contributed by atoms with E-state index in [1.54, 1.807) is 32.0 Å². The number of carbonyl (C=O) groups excluding carboxylic acids is 1. The SMILES string of the molecule is CCCC(C)NC(=O)CSc1nnc(-c2cccc(S(=O)(=O)N(CC)CC)c2)n1N. The molecule has 1 aromatic carbocycles. The number of nitrogen functional groups attached to an aromatic ring is 1. The van der Waals surface area contributed by atoms with Crippen molar-refractivity contribution in [2.75, 3.05) is 24.7 Å². The Morgan fingerprint density at radius 2 is 1.97 bits per heavy atom. The van der Waals surface area contributed by atoms with Crippen molar-refractivity contribution in [3.63, 3.8) is 0 Å². The molecule has 2 aromatic rings. The predicted octanol–water partition coefficient (Wildman–Crippen LogP) is 2.09. The van der Waals surface area contributed by atoms with Crippen molar-refractivity contribution in [2.45, 2.75) is 56.6 Å². The fourth-order valence-corrected chi connectivity index (χ4v) is 5.20. The van der Waals surface area contributed by atoms with Crippen LogP contribution in [0.2, 0.25) is 0 Å². The topological polar surface area (TPSA) is 123 Å². The van der Waals surface area contributed by atoms with Gasteiger partial charge in [0.25, 0.3) is 0 Å². The van der Waals surface area contributed by atoms with Gasteiger partial charge in [-0.2, -0.15) is 4.31 Å². The highest BCUT2D eigenvalue weighted by atomic mass is 32.2. The number of aromatic nitrogens is 3. The van der Waals surface area contributed by atoms with Gasteiger partial charge in [-0.3, -0.25) is 4.79 Å². The summed E-state index contributed by atoms with van der Waals surface area (Å²) in [6.45, 7) is 8.40. The van der Waals surface area contributed by atoms with Gasteiger partial charge in [-0.1, -0.05) is 51.1 Å². The number of amides is 1. The minimum Gasteiger partial charge on any atom is -0.353 e. The summed E-state index contributed by atoms with van der Waals surface area (Å²) in [6, 6.07) is 6.57. The molecule has 1 amide bonds. The zero-order valence-corrected chi connectivity index (χ0v) is 19.5. The molecule has 0 aliphatic heterocycles. The molecule has 9 nitrogen and oxygen atoms in total. The second kappa shape index (κ2) is 10.8. The molecule has 0 aliphatic rings. The Labute approximate surface area is 182 Å². The van der Waals surface area contributed by atoms with Crippen LogP contribution < -0.4 is 11.2 Å². The fraction of sp³-hybridized carbons (Fsp3) is 0.526. The van der Waals surface area contributed by atoms with E-state index in [-0.39, 0.29) is 22.6 Å². The number of carbonyl (C=O) groups is 1. The Hall–Kier alpha value is -2.11. The van der Waals surface area contributed by atoms with Crippen molar-refractivity contribution in [3.05, 3.63) is 24.3 Å². The maximum atomic E-state index is 12.8. The first kappa shape index (κ1) is 24.2. The van der Waals surface area contributed by atoms with Crippen molar-refractivity contribution < 1.29 is 13.2 Å². The monoisotopic (exact) mass is 454 g/mol. The number of nitrogens with zero attached hydrogens (tertiary/aromatic N) is 4. The summed E-state index contributed by atoms with van der Waals surface area (Å²) in [5, 5.41) is 11.4. The molecule has 0 aliphatic carbocycles. The third-order valence-electron chi connectivity index (χ3n) is 4.56. The van der Waals surface area contributed by atoms with Crippen LogP contribution in [0, 0.1) is 0 Å². The highest BCUT2D eigenvalue weighted by Gasteiger charge is 2.23. The molecular weight excluding hydrogens is 424 g/mol. The zero-order chi connectivity index (χ0) is 22.3. The van der Waals surface area contributed by atoms with Gasteiger partial charge in [-0.25, -0.2) is 13.1 Å². The lowest BCUT2D eigenvalue weighted by molar-refractivity contribution is -0.119. The molecule has 166 valence electrons. The number of rotatable bonds is 11. The van der Waals surface area contributed by atoms with Gasteiger partial charge in [0.2, 0.25) is 21.1 Å². The normalized spacial score (nSPS) is 12.8. The Bertz CT molecular complexity index is 957. The van der Waals surface area contributed by atoms with Gasteiger partial charge < -0.3 is 11.2 Å². The average molecular weight is 455 g/mol. The third kappa shape index (κ3) is 5.73. The molecule has 0 radical (unpaired) electrons. The molecule has 1 unspecified atom stereocenters. The van der Waals surface area contributed by atoms with Crippen LogP contribution in [-0.2, 0) is 14.8 Å². The summed E-state index contributed by atoms with van der Waals surface area (Å²) in [5.74, 6) is 6.52. The van der Waals surface area contributed by atoms with E-state index >= 15 is 0 Å². The number of hydrogen-bond donors (Lipinski definition) is 2. The smallest absolute Gasteiger partial charge is 0.243 e. The van der Waals surface area contributed by atoms with E-state index in [9.17, 15) is 13.2 Å². The van der Waals surface area contributed by atoms with Crippen LogP contribution in [0.4, 0.5) is 0 Å². The van der Waals surface area contributed by atoms with Crippen LogP contribution in [0.5, 0.6) is 0 Å². The van der Waals surface area contributed by atoms with Crippen LogP contribution in [-0.4, -0.2) is 58.4 Å². The lowest BCUT2D eigenvalue weighted by atomic mass is 10.2. The minimum absolute atomic E-state index is 0.0992. The number of sulfonamides is 1. The first-order valence-corrected chi connectivity index (χ1v) is 12.4. The number of nitrogens with two attached hydrogens (primary N) is 1. The lowest BCUT2D eigenvalue weighted by Gasteiger charge is -2.18. The molecule has 2 rings (SSSR count). The van der Waals surface area contributed by atoms with E-state index in [2.05, 4.69) is 22.4 Å². The van der Waals surface area contributed by atoms with Gasteiger partial charge in [0.15, 0.2) is 5.82 Å². The van der Waals surface area contributed by atoms with Crippen molar-refractivity contribution in [1.82, 2.24) is 24.5 Å². The summed E-state index contributed by atoms with van der Waals surface area (Å²) in [6.07, 6.45) is 1.92. The van der Waals surface area contributed by atoms with Crippen molar-refractivity contribution in [3.8, 4) is 11.4 Å². The highest BCUT2D eigenvalue weighted by molar-refractivity contribution is 7.99. The van der Waals surface area contributed by atoms with E-state index < -0.39 is 10.0 Å². The molecule has 0 bridgehead atoms. The molecule has 11 heteroatoms. The molecule has 3 N–H and O–H groups in total. The molecule has 0 saturated heterocycles. The summed E-state index contributed by atoms with van der Waals surface area (Å²) < 4.78 is 28.2. The molecule has 0 spiro atoms. The average Bonchev–Trinajstić information content (AvgIpc) is 3.08. The standard InChI is InChI=1S/C19H30N6O3S2/c1-5-9-14(4)21-17(26)13-29-19-23-22-18(25(19)20)15-10-8-11-16(12-15)30(27,28)24(6-2)7-3/h8,10-12,14H,5-7,9,13,20H2,1-4H3,(H,21,26). The minimum atomic E-state index is -3.60. The van der Waals surface area contributed by atoms with Gasteiger partial charge >= 0.3 is 0 Å². The van der Waals surface area contributed by atoms with Crippen LogP contribution >= 0.6 is 11.8 Å². The Kier molecular flexibility index (Phi) is 8.68. The fourth-order valence-electron chi connectivity index (χ4n) is 3.03. The maximum absolute atomic E-state index is 12.8. The van der Waals surface area contributed by atoms with Gasteiger partial charge in [0.1, 0.15) is 0 Å². The van der Waals surface area contributed by atoms with E-state index in [0.29, 0.717) is 29.6 Å². The number of thioether (sulfide) groups is 1. The molecule has 0 saturated carbocycles. The number of hydrogen-bond acceptors (Lipinski definition) is 7. The highest BCUT2D eigenvalue weighted by Crippen LogP contribution is 2.25. The second-order valence-electron chi connectivity index (χ2n) is 6.84. The summed E-state index contributed by atoms with van der Waals surface area (Å²) in [7, 11) is -3.60. The van der Waals surface area contributed by atoms with Crippen molar-refractivity contribution in [1.29, 1.82) is 0 Å². The summed E-state index contributed by atoms with van der Waals surface area (Å²) >= 11 is 1.18. The molecule has 30 heavy (non-hydrogen) atoms.